The lowest BCUT2D eigenvalue weighted by Crippen LogP contribution is -2.27. The van der Waals surface area contributed by atoms with Crippen molar-refractivity contribution < 1.29 is 9.59 Å². The third kappa shape index (κ3) is 7.73. The molecule has 0 heterocycles. The largest absolute Gasteiger partial charge is 0.359 e. The number of nitrogens with one attached hydrogen (secondary N) is 1. The van der Waals surface area contributed by atoms with Gasteiger partial charge in [0.2, 0.25) is 5.91 Å². The Morgan fingerprint density at radius 2 is 1.86 bits per heavy atom. The highest BCUT2D eigenvalue weighted by Crippen LogP contribution is 1.95. The van der Waals surface area contributed by atoms with Crippen molar-refractivity contribution in [2.24, 2.45) is 0 Å². The summed E-state index contributed by atoms with van der Waals surface area (Å²) in [5, 5.41) is 2.57. The number of carbonyl (C=O) groups is 2. The van der Waals surface area contributed by atoms with Crippen LogP contribution in [0.5, 0.6) is 0 Å². The van der Waals surface area contributed by atoms with Crippen LogP contribution in [0.15, 0.2) is 0 Å². The van der Waals surface area contributed by atoms with E-state index in [4.69, 9.17) is 0 Å². The molecule has 0 radical (unpaired) electrons. The van der Waals surface area contributed by atoms with Gasteiger partial charge in [-0.3, -0.25) is 4.79 Å². The molecule has 14 heavy (non-hydrogen) atoms. The van der Waals surface area contributed by atoms with Gasteiger partial charge in [0, 0.05) is 26.4 Å². The maximum absolute atomic E-state index is 10.9. The summed E-state index contributed by atoms with van der Waals surface area (Å²) in [6.45, 7) is 3.22. The van der Waals surface area contributed by atoms with Gasteiger partial charge in [0.15, 0.2) is 0 Å². The summed E-state index contributed by atoms with van der Waals surface area (Å²) in [6.07, 6.45) is 2.02. The van der Waals surface area contributed by atoms with E-state index in [0.717, 1.165) is 19.5 Å². The molecule has 0 saturated heterocycles. The van der Waals surface area contributed by atoms with Crippen LogP contribution in [-0.4, -0.2) is 43.8 Å². The van der Waals surface area contributed by atoms with Crippen molar-refractivity contribution in [3.8, 4) is 0 Å². The number of ketones is 1. The molecule has 1 amide bonds. The molecular weight excluding hydrogens is 180 g/mol. The quantitative estimate of drug-likeness (QED) is 0.648. The van der Waals surface area contributed by atoms with Gasteiger partial charge in [0.25, 0.3) is 0 Å². The predicted octanol–water partition coefficient (Wildman–Crippen LogP) is 0.423. The van der Waals surface area contributed by atoms with E-state index in [1.54, 1.807) is 14.0 Å². The first-order valence-corrected chi connectivity index (χ1v) is 4.95. The topological polar surface area (TPSA) is 49.4 Å². The fraction of sp³-hybridized carbons (Fsp3) is 0.800. The van der Waals surface area contributed by atoms with Crippen molar-refractivity contribution in [1.82, 2.24) is 10.2 Å². The Morgan fingerprint density at radius 1 is 1.21 bits per heavy atom. The van der Waals surface area contributed by atoms with Gasteiger partial charge in [-0.2, -0.15) is 0 Å². The predicted molar refractivity (Wildman–Crippen MR) is 56.1 cm³/mol. The van der Waals surface area contributed by atoms with Crippen molar-refractivity contribution in [3.05, 3.63) is 0 Å². The Hall–Kier alpha value is -0.900. The Kier molecular flexibility index (Phi) is 7.02. The van der Waals surface area contributed by atoms with Crippen molar-refractivity contribution in [2.45, 2.75) is 26.2 Å². The molecule has 0 fully saturated rings. The molecule has 0 saturated carbocycles. The van der Waals surface area contributed by atoms with E-state index in [2.05, 4.69) is 10.2 Å². The van der Waals surface area contributed by atoms with Gasteiger partial charge in [-0.15, -0.1) is 0 Å². The highest BCUT2D eigenvalue weighted by Gasteiger charge is 2.02. The number of hydrogen-bond acceptors (Lipinski definition) is 3. The molecule has 0 aliphatic rings. The first kappa shape index (κ1) is 13.1. The zero-order chi connectivity index (χ0) is 11.0. The van der Waals surface area contributed by atoms with E-state index in [9.17, 15) is 9.59 Å². The summed E-state index contributed by atoms with van der Waals surface area (Å²) >= 11 is 0. The minimum absolute atomic E-state index is 0.0587. The van der Waals surface area contributed by atoms with Crippen molar-refractivity contribution in [1.29, 1.82) is 0 Å². The molecule has 1 N–H and O–H groups in total. The molecule has 0 bridgehead atoms. The molecule has 0 unspecified atom stereocenters. The summed E-state index contributed by atoms with van der Waals surface area (Å²) < 4.78 is 0. The number of nitrogens with zero attached hydrogens (tertiary/aromatic N) is 1. The highest BCUT2D eigenvalue weighted by atomic mass is 16.1. The van der Waals surface area contributed by atoms with Crippen LogP contribution in [-0.2, 0) is 9.59 Å². The maximum Gasteiger partial charge on any atom is 0.221 e. The fourth-order valence-corrected chi connectivity index (χ4v) is 1.13. The second kappa shape index (κ2) is 7.50. The Labute approximate surface area is 85.7 Å². The minimum Gasteiger partial charge on any atom is -0.359 e. The second-order valence-corrected chi connectivity index (χ2v) is 3.53. The molecular formula is C10H20N2O2. The van der Waals surface area contributed by atoms with Gasteiger partial charge in [-0.05, 0) is 26.9 Å². The number of hydrogen-bond donors (Lipinski definition) is 1. The smallest absolute Gasteiger partial charge is 0.221 e. The average Bonchev–Trinajstić information content (AvgIpc) is 2.13. The molecule has 0 spiro atoms. The van der Waals surface area contributed by atoms with Gasteiger partial charge in [0.05, 0.1) is 0 Å². The first-order valence-electron chi connectivity index (χ1n) is 4.95. The van der Waals surface area contributed by atoms with Gasteiger partial charge >= 0.3 is 0 Å². The summed E-state index contributed by atoms with van der Waals surface area (Å²) in [5.41, 5.74) is 0. The van der Waals surface area contributed by atoms with E-state index in [1.807, 2.05) is 7.05 Å². The molecule has 0 aromatic carbocycles. The molecule has 0 aromatic heterocycles. The number of Topliss-reactive ketones (excluding diaryl/α,β-unsaturated/α-hetero) is 1. The molecule has 0 aliphatic heterocycles. The van der Waals surface area contributed by atoms with Crippen LogP contribution < -0.4 is 5.32 Å². The zero-order valence-electron chi connectivity index (χ0n) is 9.30. The van der Waals surface area contributed by atoms with Crippen LogP contribution in [0.25, 0.3) is 0 Å². The minimum atomic E-state index is 0.0587. The van der Waals surface area contributed by atoms with Gasteiger partial charge in [-0.1, -0.05) is 0 Å². The Balaban J connectivity index is 3.41. The number of amides is 1. The van der Waals surface area contributed by atoms with Gasteiger partial charge in [0.1, 0.15) is 5.78 Å². The van der Waals surface area contributed by atoms with Crippen LogP contribution in [0.2, 0.25) is 0 Å². The van der Waals surface area contributed by atoms with E-state index in [1.165, 1.54) is 0 Å². The molecule has 0 atom stereocenters. The summed E-state index contributed by atoms with van der Waals surface area (Å²) in [6, 6.07) is 0. The average molecular weight is 200 g/mol. The van der Waals surface area contributed by atoms with Crippen LogP contribution in [0, 0.1) is 0 Å². The Bertz CT molecular complexity index is 193. The van der Waals surface area contributed by atoms with Gasteiger partial charge < -0.3 is 15.0 Å². The van der Waals surface area contributed by atoms with Crippen LogP contribution in [0.3, 0.4) is 0 Å². The van der Waals surface area contributed by atoms with E-state index < -0.39 is 0 Å². The van der Waals surface area contributed by atoms with E-state index in [0.29, 0.717) is 12.8 Å². The SMILES string of the molecule is CNC(=O)CCN(C)CCCC(C)=O. The zero-order valence-corrected chi connectivity index (χ0v) is 9.30. The molecule has 0 aromatic rings. The standard InChI is InChI=1S/C10H20N2O2/c1-9(13)5-4-7-12(3)8-6-10(14)11-2/h4-8H2,1-3H3,(H,11,14). The lowest BCUT2D eigenvalue weighted by molar-refractivity contribution is -0.121. The molecule has 82 valence electrons. The normalized spacial score (nSPS) is 10.3. The van der Waals surface area contributed by atoms with Crippen molar-refractivity contribution in [3.63, 3.8) is 0 Å². The monoisotopic (exact) mass is 200 g/mol. The summed E-state index contributed by atoms with van der Waals surface area (Å²) in [5.74, 6) is 0.285. The van der Waals surface area contributed by atoms with Crippen LogP contribution >= 0.6 is 0 Å². The lowest BCUT2D eigenvalue weighted by Gasteiger charge is -2.15. The van der Waals surface area contributed by atoms with E-state index in [-0.39, 0.29) is 11.7 Å². The van der Waals surface area contributed by atoms with Crippen molar-refractivity contribution in [2.75, 3.05) is 27.2 Å². The lowest BCUT2D eigenvalue weighted by atomic mass is 10.2. The van der Waals surface area contributed by atoms with Crippen molar-refractivity contribution >= 4 is 11.7 Å². The summed E-state index contributed by atoms with van der Waals surface area (Å²) in [7, 11) is 3.60. The summed E-state index contributed by atoms with van der Waals surface area (Å²) in [4.78, 5) is 23.6. The highest BCUT2D eigenvalue weighted by molar-refractivity contribution is 5.75. The number of rotatable bonds is 7. The third-order valence-corrected chi connectivity index (χ3v) is 2.07. The third-order valence-electron chi connectivity index (χ3n) is 2.07. The Morgan fingerprint density at radius 3 is 2.36 bits per heavy atom. The molecule has 4 heteroatoms. The van der Waals surface area contributed by atoms with Gasteiger partial charge in [-0.25, -0.2) is 0 Å². The maximum atomic E-state index is 10.9. The number of carbonyl (C=O) groups excluding carboxylic acids is 2. The molecule has 0 rings (SSSR count). The van der Waals surface area contributed by atoms with Crippen LogP contribution in [0.4, 0.5) is 0 Å². The molecule has 4 nitrogen and oxygen atoms in total. The van der Waals surface area contributed by atoms with Crippen LogP contribution in [0.1, 0.15) is 26.2 Å². The first-order chi connectivity index (χ1) is 6.56. The fourth-order valence-electron chi connectivity index (χ4n) is 1.13. The second-order valence-electron chi connectivity index (χ2n) is 3.53. The van der Waals surface area contributed by atoms with E-state index >= 15 is 0 Å². The molecule has 0 aliphatic carbocycles.